The van der Waals surface area contributed by atoms with Crippen molar-refractivity contribution in [2.24, 2.45) is 5.92 Å². The maximum Gasteiger partial charge on any atom is 0.243 e. The maximum absolute atomic E-state index is 12.9. The predicted octanol–water partition coefficient (Wildman–Crippen LogP) is 2.44. The van der Waals surface area contributed by atoms with Gasteiger partial charge in [0.15, 0.2) is 0 Å². The molecular weight excluding hydrogens is 336 g/mol. The molecule has 2 aliphatic rings. The topological polar surface area (TPSA) is 57.7 Å². The molecule has 1 aliphatic carbocycles. The van der Waals surface area contributed by atoms with Crippen LogP contribution in [0, 0.1) is 5.92 Å². The molecule has 0 saturated carbocycles. The second-order valence-corrected chi connectivity index (χ2v) is 9.46. The predicted molar refractivity (Wildman–Crippen MR) is 97.9 cm³/mol. The van der Waals surface area contributed by atoms with Crippen LogP contribution >= 0.6 is 0 Å². The number of benzene rings is 1. The van der Waals surface area contributed by atoms with Crippen molar-refractivity contribution in [3.05, 3.63) is 29.3 Å². The summed E-state index contributed by atoms with van der Waals surface area (Å²) in [4.78, 5) is 14.3. The number of nitrogens with zero attached hydrogens (tertiary/aromatic N) is 2. The molecule has 5 nitrogen and oxygen atoms in total. The van der Waals surface area contributed by atoms with Crippen molar-refractivity contribution >= 4 is 15.9 Å². The van der Waals surface area contributed by atoms with Crippen LogP contribution in [0.4, 0.5) is 0 Å². The van der Waals surface area contributed by atoms with Gasteiger partial charge >= 0.3 is 0 Å². The van der Waals surface area contributed by atoms with E-state index in [9.17, 15) is 13.2 Å². The smallest absolute Gasteiger partial charge is 0.243 e. The Morgan fingerprint density at radius 2 is 1.68 bits per heavy atom. The fourth-order valence-electron chi connectivity index (χ4n) is 3.68. The third-order valence-corrected chi connectivity index (χ3v) is 7.03. The Morgan fingerprint density at radius 1 is 1.04 bits per heavy atom. The summed E-state index contributed by atoms with van der Waals surface area (Å²) in [5.74, 6) is 0.450. The lowest BCUT2D eigenvalue weighted by Gasteiger charge is -2.34. The number of piperazine rings is 1. The third kappa shape index (κ3) is 4.06. The van der Waals surface area contributed by atoms with Crippen LogP contribution in [-0.4, -0.2) is 49.7 Å². The number of amides is 1. The Hall–Kier alpha value is -1.40. The Labute approximate surface area is 151 Å². The van der Waals surface area contributed by atoms with Crippen molar-refractivity contribution in [1.82, 2.24) is 9.21 Å². The molecule has 1 heterocycles. The van der Waals surface area contributed by atoms with Crippen LogP contribution in [0.15, 0.2) is 23.1 Å². The van der Waals surface area contributed by atoms with Crippen LogP contribution in [0.5, 0.6) is 0 Å². The van der Waals surface area contributed by atoms with Crippen LogP contribution in [0.25, 0.3) is 0 Å². The Morgan fingerprint density at radius 3 is 2.32 bits per heavy atom. The van der Waals surface area contributed by atoms with Gasteiger partial charge in [0.25, 0.3) is 0 Å². The first-order valence-electron chi connectivity index (χ1n) is 9.27. The highest BCUT2D eigenvalue weighted by Gasteiger charge is 2.30. The Bertz CT molecular complexity index is 735. The molecule has 1 fully saturated rings. The molecule has 25 heavy (non-hydrogen) atoms. The molecule has 0 bridgehead atoms. The van der Waals surface area contributed by atoms with Gasteiger partial charge < -0.3 is 4.90 Å². The van der Waals surface area contributed by atoms with Crippen molar-refractivity contribution in [3.8, 4) is 0 Å². The molecule has 0 atom stereocenters. The average Bonchev–Trinajstić information content (AvgIpc) is 2.61. The van der Waals surface area contributed by atoms with Gasteiger partial charge in [-0.05, 0) is 54.9 Å². The molecule has 0 aromatic heterocycles. The van der Waals surface area contributed by atoms with E-state index in [-0.39, 0.29) is 5.91 Å². The number of sulfonamides is 1. The van der Waals surface area contributed by atoms with E-state index in [0.29, 0.717) is 43.4 Å². The van der Waals surface area contributed by atoms with Crippen molar-refractivity contribution < 1.29 is 13.2 Å². The first-order chi connectivity index (χ1) is 11.9. The summed E-state index contributed by atoms with van der Waals surface area (Å²) >= 11 is 0. The van der Waals surface area contributed by atoms with Crippen molar-refractivity contribution in [2.75, 3.05) is 26.2 Å². The van der Waals surface area contributed by atoms with E-state index < -0.39 is 10.0 Å². The van der Waals surface area contributed by atoms with Gasteiger partial charge in [0.2, 0.25) is 15.9 Å². The van der Waals surface area contributed by atoms with Gasteiger partial charge in [0.05, 0.1) is 4.90 Å². The van der Waals surface area contributed by atoms with Gasteiger partial charge in [-0.2, -0.15) is 4.31 Å². The van der Waals surface area contributed by atoms with Crippen molar-refractivity contribution in [3.63, 3.8) is 0 Å². The van der Waals surface area contributed by atoms with Gasteiger partial charge in [-0.3, -0.25) is 4.79 Å². The monoisotopic (exact) mass is 364 g/mol. The molecule has 0 unspecified atom stereocenters. The molecular formula is C19H28N2O3S. The lowest BCUT2D eigenvalue weighted by Crippen LogP contribution is -2.50. The van der Waals surface area contributed by atoms with E-state index >= 15 is 0 Å². The van der Waals surface area contributed by atoms with Crippen LogP contribution < -0.4 is 0 Å². The number of hydrogen-bond acceptors (Lipinski definition) is 3. The number of carbonyl (C=O) groups excluding carboxylic acids is 1. The zero-order chi connectivity index (χ0) is 18.0. The summed E-state index contributed by atoms with van der Waals surface area (Å²) in [6.07, 6.45) is 4.86. The minimum absolute atomic E-state index is 0.126. The molecule has 6 heteroatoms. The summed E-state index contributed by atoms with van der Waals surface area (Å²) in [6.45, 7) is 5.77. The number of aryl methyl sites for hydroxylation is 2. The largest absolute Gasteiger partial charge is 0.340 e. The lowest BCUT2D eigenvalue weighted by atomic mass is 9.92. The van der Waals surface area contributed by atoms with Gasteiger partial charge in [-0.25, -0.2) is 8.42 Å². The number of rotatable bonds is 4. The third-order valence-electron chi connectivity index (χ3n) is 5.13. The Kier molecular flexibility index (Phi) is 5.49. The second-order valence-electron chi connectivity index (χ2n) is 7.52. The standard InChI is InChI=1S/C19H28N2O3S/c1-15(2)13-19(22)20-9-11-21(12-10-20)25(23,24)18-8-7-16-5-3-4-6-17(16)14-18/h7-8,14-15H,3-6,9-13H2,1-2H3. The van der Waals surface area contributed by atoms with Gasteiger partial charge in [-0.15, -0.1) is 0 Å². The summed E-state index contributed by atoms with van der Waals surface area (Å²) in [7, 11) is -3.47. The van der Waals surface area contributed by atoms with E-state index in [1.54, 1.807) is 11.0 Å². The summed E-state index contributed by atoms with van der Waals surface area (Å²) in [5.41, 5.74) is 2.47. The van der Waals surface area contributed by atoms with E-state index in [4.69, 9.17) is 0 Å². The fraction of sp³-hybridized carbons (Fsp3) is 0.632. The van der Waals surface area contributed by atoms with E-state index in [1.165, 1.54) is 21.9 Å². The summed E-state index contributed by atoms with van der Waals surface area (Å²) < 4.78 is 27.4. The molecule has 0 radical (unpaired) electrons. The summed E-state index contributed by atoms with van der Waals surface area (Å²) in [5, 5.41) is 0. The molecule has 3 rings (SSSR count). The molecule has 1 aliphatic heterocycles. The number of carbonyl (C=O) groups is 1. The number of fused-ring (bicyclic) bond motifs is 1. The average molecular weight is 365 g/mol. The lowest BCUT2D eigenvalue weighted by molar-refractivity contribution is -0.133. The highest BCUT2D eigenvalue weighted by molar-refractivity contribution is 7.89. The van der Waals surface area contributed by atoms with E-state index in [1.807, 2.05) is 26.0 Å². The normalized spacial score (nSPS) is 19.1. The zero-order valence-electron chi connectivity index (χ0n) is 15.2. The second kappa shape index (κ2) is 7.46. The number of hydrogen-bond donors (Lipinski definition) is 0. The molecule has 138 valence electrons. The summed E-state index contributed by atoms with van der Waals surface area (Å²) in [6, 6.07) is 5.58. The van der Waals surface area contributed by atoms with Crippen LogP contribution in [0.2, 0.25) is 0 Å². The minimum atomic E-state index is -3.47. The molecule has 1 aromatic carbocycles. The van der Waals surface area contributed by atoms with Crippen LogP contribution in [0.1, 0.15) is 44.2 Å². The van der Waals surface area contributed by atoms with Crippen LogP contribution in [0.3, 0.4) is 0 Å². The molecule has 1 saturated heterocycles. The maximum atomic E-state index is 12.9. The SMILES string of the molecule is CC(C)CC(=O)N1CCN(S(=O)(=O)c2ccc3c(c2)CCCC3)CC1. The highest BCUT2D eigenvalue weighted by Crippen LogP contribution is 2.26. The highest BCUT2D eigenvalue weighted by atomic mass is 32.2. The van der Waals surface area contributed by atoms with E-state index in [0.717, 1.165) is 19.3 Å². The van der Waals surface area contributed by atoms with Gasteiger partial charge in [0, 0.05) is 32.6 Å². The fourth-order valence-corrected chi connectivity index (χ4v) is 5.15. The molecule has 1 amide bonds. The Balaban J connectivity index is 1.69. The minimum Gasteiger partial charge on any atom is -0.340 e. The van der Waals surface area contributed by atoms with E-state index in [2.05, 4.69) is 0 Å². The molecule has 0 N–H and O–H groups in total. The zero-order valence-corrected chi connectivity index (χ0v) is 16.0. The van der Waals surface area contributed by atoms with Gasteiger partial charge in [0.1, 0.15) is 0 Å². The first kappa shape index (κ1) is 18.4. The molecule has 0 spiro atoms. The van der Waals surface area contributed by atoms with Gasteiger partial charge in [-0.1, -0.05) is 19.9 Å². The quantitative estimate of drug-likeness (QED) is 0.824. The molecule has 1 aromatic rings. The van der Waals surface area contributed by atoms with Crippen LogP contribution in [-0.2, 0) is 27.7 Å². The van der Waals surface area contributed by atoms with Crippen molar-refractivity contribution in [1.29, 1.82) is 0 Å². The first-order valence-corrected chi connectivity index (χ1v) is 10.7. The van der Waals surface area contributed by atoms with Crippen molar-refractivity contribution in [2.45, 2.75) is 50.8 Å².